The molecule has 0 aliphatic heterocycles. The van der Waals surface area contributed by atoms with E-state index in [1.54, 1.807) is 36.4 Å². The average Bonchev–Trinajstić information content (AvgIpc) is 2.70. The van der Waals surface area contributed by atoms with Crippen LogP contribution in [-0.2, 0) is 0 Å². The third kappa shape index (κ3) is 4.21. The van der Waals surface area contributed by atoms with Crippen LogP contribution in [0.25, 0.3) is 0 Å². The number of anilines is 4. The first-order valence-corrected chi connectivity index (χ1v) is 8.42. The number of para-hydroxylation sites is 1. The number of nitroso groups, excluding NO2 is 1. The predicted molar refractivity (Wildman–Crippen MR) is 108 cm³/mol. The van der Waals surface area contributed by atoms with Crippen LogP contribution in [0.4, 0.5) is 22.7 Å². The lowest BCUT2D eigenvalue weighted by Gasteiger charge is -2.15. The monoisotopic (exact) mass is 375 g/mol. The van der Waals surface area contributed by atoms with Crippen molar-refractivity contribution in [1.82, 2.24) is 0 Å². The number of amides is 1. The Morgan fingerprint density at radius 1 is 0.821 bits per heavy atom. The van der Waals surface area contributed by atoms with E-state index in [4.69, 9.17) is 0 Å². The van der Waals surface area contributed by atoms with Gasteiger partial charge in [-0.15, -0.1) is 4.91 Å². The summed E-state index contributed by atoms with van der Waals surface area (Å²) in [7, 11) is 0. The molecule has 0 aromatic heterocycles. The highest BCUT2D eigenvalue weighted by Crippen LogP contribution is 2.31. The molecule has 7 nitrogen and oxygen atoms in total. The topological polar surface area (TPSA) is 108 Å². The Kier molecular flexibility index (Phi) is 5.45. The summed E-state index contributed by atoms with van der Waals surface area (Å²) in [5, 5.41) is 18.1. The summed E-state index contributed by atoms with van der Waals surface area (Å²) in [5.74, 6) is -2.17. The Balaban J connectivity index is 2.09. The van der Waals surface area contributed by atoms with Crippen molar-refractivity contribution >= 4 is 34.6 Å². The molecule has 7 heteroatoms. The number of carbonyl (C=O) groups excluding carboxylic acids is 1. The maximum Gasteiger partial charge on any atom is 0.337 e. The molecule has 0 radical (unpaired) electrons. The van der Waals surface area contributed by atoms with E-state index in [2.05, 4.69) is 15.8 Å². The van der Waals surface area contributed by atoms with Gasteiger partial charge in [0.2, 0.25) is 0 Å². The first-order chi connectivity index (χ1) is 13.5. The first kappa shape index (κ1) is 18.8. The molecule has 1 amide bonds. The van der Waals surface area contributed by atoms with Gasteiger partial charge in [-0.05, 0) is 43.3 Å². The molecule has 3 N–H and O–H groups in total. The Morgan fingerprint density at radius 3 is 1.93 bits per heavy atom. The van der Waals surface area contributed by atoms with Crippen molar-refractivity contribution in [1.29, 1.82) is 0 Å². The molecule has 0 bridgehead atoms. The average molecular weight is 375 g/mol. The largest absolute Gasteiger partial charge is 0.478 e. The fourth-order valence-electron chi connectivity index (χ4n) is 2.68. The molecular weight excluding hydrogens is 358 g/mol. The van der Waals surface area contributed by atoms with Crippen LogP contribution in [0.2, 0.25) is 0 Å². The first-order valence-electron chi connectivity index (χ1n) is 8.42. The zero-order valence-corrected chi connectivity index (χ0v) is 15.0. The number of hydrogen-bond acceptors (Lipinski definition) is 5. The van der Waals surface area contributed by atoms with Gasteiger partial charge in [0.1, 0.15) is 0 Å². The zero-order chi connectivity index (χ0) is 20.1. The number of carboxylic acid groups (broad SMARTS) is 1. The van der Waals surface area contributed by atoms with Crippen LogP contribution >= 0.6 is 0 Å². The fraction of sp³-hybridized carbons (Fsp3) is 0.0476. The second kappa shape index (κ2) is 8.13. The van der Waals surface area contributed by atoms with Gasteiger partial charge in [-0.25, -0.2) is 4.79 Å². The summed E-state index contributed by atoms with van der Waals surface area (Å²) in [6.45, 7) is 1.93. The molecule has 140 valence electrons. The minimum atomic E-state index is -1.18. The second-order valence-electron chi connectivity index (χ2n) is 6.13. The molecule has 0 fully saturated rings. The van der Waals surface area contributed by atoms with E-state index in [0.717, 1.165) is 5.56 Å². The third-order valence-electron chi connectivity index (χ3n) is 4.08. The van der Waals surface area contributed by atoms with Crippen LogP contribution in [0.5, 0.6) is 0 Å². The molecule has 0 atom stereocenters. The van der Waals surface area contributed by atoms with Crippen LogP contribution in [-0.4, -0.2) is 17.0 Å². The number of carbonyl (C=O) groups is 2. The van der Waals surface area contributed by atoms with Gasteiger partial charge in [0.05, 0.1) is 22.5 Å². The zero-order valence-electron chi connectivity index (χ0n) is 15.0. The van der Waals surface area contributed by atoms with E-state index in [9.17, 15) is 19.6 Å². The minimum absolute atomic E-state index is 0.0287. The van der Waals surface area contributed by atoms with E-state index in [0.29, 0.717) is 11.4 Å². The van der Waals surface area contributed by atoms with E-state index in [1.807, 2.05) is 25.1 Å². The summed E-state index contributed by atoms with van der Waals surface area (Å²) in [5.41, 5.74) is 2.61. The van der Waals surface area contributed by atoms with Gasteiger partial charge in [-0.2, -0.15) is 0 Å². The standard InChI is InChI=1S/C21H17N3O4/c1-13-7-9-15(10-8-13)23-18-12-17(21(26)27)19(11-16(18)20(25)24-28)22-14-5-3-2-4-6-14/h2-12,22-23H,1H3,(H,26,27). The number of aromatic carboxylic acids is 1. The van der Waals surface area contributed by atoms with E-state index < -0.39 is 11.9 Å². The van der Waals surface area contributed by atoms with Crippen molar-refractivity contribution < 1.29 is 14.7 Å². The van der Waals surface area contributed by atoms with Gasteiger partial charge in [0.15, 0.2) is 0 Å². The highest BCUT2D eigenvalue weighted by atomic mass is 16.4. The Hall–Kier alpha value is -4.00. The number of nitrogens with one attached hydrogen (secondary N) is 2. The third-order valence-corrected chi connectivity index (χ3v) is 4.08. The fourth-order valence-corrected chi connectivity index (χ4v) is 2.68. The molecule has 3 aromatic rings. The molecule has 0 spiro atoms. The summed E-state index contributed by atoms with van der Waals surface area (Å²) < 4.78 is 0. The summed E-state index contributed by atoms with van der Waals surface area (Å²) in [6.07, 6.45) is 0. The van der Waals surface area contributed by atoms with Crippen molar-refractivity contribution in [2.45, 2.75) is 6.92 Å². The quantitative estimate of drug-likeness (QED) is 0.518. The lowest BCUT2D eigenvalue weighted by molar-refractivity contribution is 0.0697. The van der Waals surface area contributed by atoms with Crippen LogP contribution in [0, 0.1) is 11.8 Å². The number of nitrogens with zero attached hydrogens (tertiary/aromatic N) is 1. The minimum Gasteiger partial charge on any atom is -0.478 e. The smallest absolute Gasteiger partial charge is 0.337 e. The Morgan fingerprint density at radius 2 is 1.36 bits per heavy atom. The van der Waals surface area contributed by atoms with Gasteiger partial charge in [0.25, 0.3) is 0 Å². The van der Waals surface area contributed by atoms with Gasteiger partial charge in [-0.1, -0.05) is 35.9 Å². The van der Waals surface area contributed by atoms with E-state index >= 15 is 0 Å². The molecule has 0 saturated carbocycles. The molecule has 0 unspecified atom stereocenters. The van der Waals surface area contributed by atoms with Crippen molar-refractivity contribution in [2.75, 3.05) is 10.6 Å². The van der Waals surface area contributed by atoms with Crippen LogP contribution in [0.15, 0.2) is 71.9 Å². The van der Waals surface area contributed by atoms with E-state index in [-0.39, 0.29) is 22.5 Å². The number of benzene rings is 3. The maximum atomic E-state index is 12.1. The van der Waals surface area contributed by atoms with Crippen LogP contribution in [0.3, 0.4) is 0 Å². The van der Waals surface area contributed by atoms with Crippen molar-refractivity contribution in [3.8, 4) is 0 Å². The second-order valence-corrected chi connectivity index (χ2v) is 6.13. The molecule has 28 heavy (non-hydrogen) atoms. The molecule has 0 aliphatic carbocycles. The molecule has 3 rings (SSSR count). The van der Waals surface area contributed by atoms with E-state index in [1.165, 1.54) is 12.1 Å². The highest BCUT2D eigenvalue weighted by molar-refractivity contribution is 6.06. The van der Waals surface area contributed by atoms with Gasteiger partial charge in [-0.3, -0.25) is 4.79 Å². The summed E-state index contributed by atoms with van der Waals surface area (Å²) >= 11 is 0. The molecule has 0 heterocycles. The van der Waals surface area contributed by atoms with Crippen LogP contribution in [0.1, 0.15) is 26.3 Å². The predicted octanol–water partition coefficient (Wildman–Crippen LogP) is 5.09. The van der Waals surface area contributed by atoms with Crippen LogP contribution < -0.4 is 10.6 Å². The van der Waals surface area contributed by atoms with Crippen molar-refractivity contribution in [3.63, 3.8) is 0 Å². The lowest BCUT2D eigenvalue weighted by atomic mass is 10.0. The van der Waals surface area contributed by atoms with Crippen molar-refractivity contribution in [2.24, 2.45) is 5.18 Å². The number of rotatable bonds is 6. The molecule has 3 aromatic carbocycles. The molecule has 0 saturated heterocycles. The summed E-state index contributed by atoms with van der Waals surface area (Å²) in [6, 6.07) is 18.8. The lowest BCUT2D eigenvalue weighted by Crippen LogP contribution is -2.09. The van der Waals surface area contributed by atoms with Crippen molar-refractivity contribution in [3.05, 3.63) is 88.3 Å². The highest BCUT2D eigenvalue weighted by Gasteiger charge is 2.20. The number of hydrogen-bond donors (Lipinski definition) is 3. The summed E-state index contributed by atoms with van der Waals surface area (Å²) in [4.78, 5) is 34.7. The normalized spacial score (nSPS) is 10.2. The maximum absolute atomic E-state index is 12.1. The number of aryl methyl sites for hydroxylation is 1. The molecule has 0 aliphatic rings. The molecular formula is C21H17N3O4. The SMILES string of the molecule is Cc1ccc(Nc2cc(C(=O)O)c(Nc3ccccc3)cc2C(=O)N=O)cc1. The number of carboxylic acids is 1. The van der Waals surface area contributed by atoms with Gasteiger partial charge in [0, 0.05) is 16.6 Å². The van der Waals surface area contributed by atoms with Gasteiger partial charge >= 0.3 is 11.9 Å². The Labute approximate surface area is 161 Å². The van der Waals surface area contributed by atoms with Gasteiger partial charge < -0.3 is 15.7 Å². The Bertz CT molecular complexity index is 1030.